The summed E-state index contributed by atoms with van der Waals surface area (Å²) in [5.41, 5.74) is 7.85. The minimum Gasteiger partial charge on any atom is -0.399 e. The van der Waals surface area contributed by atoms with Crippen molar-refractivity contribution in [2.75, 3.05) is 5.73 Å². The first-order chi connectivity index (χ1) is 9.72. The van der Waals surface area contributed by atoms with Gasteiger partial charge in [-0.3, -0.25) is 0 Å². The van der Waals surface area contributed by atoms with Crippen LogP contribution in [0.5, 0.6) is 0 Å². The van der Waals surface area contributed by atoms with E-state index in [1.165, 1.54) is 69.8 Å². The van der Waals surface area contributed by atoms with Gasteiger partial charge in [0.25, 0.3) is 0 Å². The lowest BCUT2D eigenvalue weighted by molar-refractivity contribution is 0.556. The second-order valence-corrected chi connectivity index (χ2v) is 6.26. The monoisotopic (exact) mass is 295 g/mol. The number of hydrogen-bond donors (Lipinski definition) is 1. The zero-order valence-corrected chi connectivity index (χ0v) is 13.7. The van der Waals surface area contributed by atoms with Crippen LogP contribution >= 0.6 is 11.6 Å². The van der Waals surface area contributed by atoms with Gasteiger partial charge in [-0.15, -0.1) is 0 Å². The van der Waals surface area contributed by atoms with Crippen molar-refractivity contribution >= 4 is 17.3 Å². The Morgan fingerprint density at radius 1 is 0.800 bits per heavy atom. The van der Waals surface area contributed by atoms with Gasteiger partial charge in [-0.05, 0) is 36.6 Å². The number of benzene rings is 1. The van der Waals surface area contributed by atoms with Crippen molar-refractivity contribution in [2.24, 2.45) is 0 Å². The first-order valence-corrected chi connectivity index (χ1v) is 8.65. The van der Waals surface area contributed by atoms with Crippen LogP contribution in [0.3, 0.4) is 0 Å². The molecule has 0 unspecified atom stereocenters. The Balaban J connectivity index is 1.97. The molecule has 0 radical (unpaired) electrons. The number of nitrogens with two attached hydrogens (primary N) is 1. The summed E-state index contributed by atoms with van der Waals surface area (Å²) in [7, 11) is 0. The molecule has 114 valence electrons. The molecular formula is C18H30ClN. The Morgan fingerprint density at radius 2 is 1.35 bits per heavy atom. The molecule has 0 aromatic heterocycles. The van der Waals surface area contributed by atoms with E-state index in [0.29, 0.717) is 0 Å². The second kappa shape index (κ2) is 11.0. The van der Waals surface area contributed by atoms with Crippen LogP contribution in [0.1, 0.15) is 76.7 Å². The van der Waals surface area contributed by atoms with Gasteiger partial charge >= 0.3 is 0 Å². The minimum atomic E-state index is 0.757. The van der Waals surface area contributed by atoms with Crippen molar-refractivity contribution in [3.63, 3.8) is 0 Å². The van der Waals surface area contributed by atoms with Crippen LogP contribution in [0, 0.1) is 0 Å². The Kier molecular flexibility index (Phi) is 9.57. The average molecular weight is 296 g/mol. The highest BCUT2D eigenvalue weighted by atomic mass is 35.5. The Hall–Kier alpha value is -0.690. The zero-order chi connectivity index (χ0) is 14.6. The maximum Gasteiger partial charge on any atom is 0.0429 e. The topological polar surface area (TPSA) is 26.0 Å². The van der Waals surface area contributed by atoms with Gasteiger partial charge in [0, 0.05) is 10.7 Å². The summed E-state index contributed by atoms with van der Waals surface area (Å²) in [5.74, 6) is 0. The standard InChI is InChI=1S/C18H30ClN/c1-2-3-4-5-6-7-8-9-10-11-12-16-13-17(19)15-18(20)14-16/h13-15H,2-12,20H2,1H3. The average Bonchev–Trinajstić information content (AvgIpc) is 2.40. The predicted octanol–water partition coefficient (Wildman–Crippen LogP) is 6.39. The van der Waals surface area contributed by atoms with E-state index in [-0.39, 0.29) is 0 Å². The van der Waals surface area contributed by atoms with Gasteiger partial charge in [-0.25, -0.2) is 0 Å². The molecule has 0 atom stereocenters. The Morgan fingerprint density at radius 3 is 1.90 bits per heavy atom. The third-order valence-corrected chi connectivity index (χ3v) is 4.02. The number of rotatable bonds is 11. The van der Waals surface area contributed by atoms with E-state index in [1.807, 2.05) is 18.2 Å². The summed E-state index contributed by atoms with van der Waals surface area (Å²) in [5, 5.41) is 0.757. The highest BCUT2D eigenvalue weighted by molar-refractivity contribution is 6.30. The van der Waals surface area contributed by atoms with E-state index >= 15 is 0 Å². The molecule has 0 aliphatic carbocycles. The molecule has 1 aromatic carbocycles. The molecule has 2 heteroatoms. The lowest BCUT2D eigenvalue weighted by Crippen LogP contribution is -1.90. The van der Waals surface area contributed by atoms with Crippen molar-refractivity contribution in [3.8, 4) is 0 Å². The first kappa shape index (κ1) is 17.4. The smallest absolute Gasteiger partial charge is 0.0429 e. The van der Waals surface area contributed by atoms with E-state index in [0.717, 1.165) is 17.1 Å². The van der Waals surface area contributed by atoms with Crippen LogP contribution in [0.15, 0.2) is 18.2 Å². The summed E-state index contributed by atoms with van der Waals surface area (Å²) in [6.45, 7) is 2.27. The SMILES string of the molecule is CCCCCCCCCCCCc1cc(N)cc(Cl)c1. The van der Waals surface area contributed by atoms with Crippen LogP contribution in [0.2, 0.25) is 5.02 Å². The third kappa shape index (κ3) is 8.47. The fourth-order valence-electron chi connectivity index (χ4n) is 2.64. The molecule has 0 aliphatic rings. The molecule has 0 heterocycles. The Labute approximate surface area is 129 Å². The van der Waals surface area contributed by atoms with Gasteiger partial charge in [-0.2, -0.15) is 0 Å². The van der Waals surface area contributed by atoms with E-state index in [9.17, 15) is 0 Å². The molecule has 0 bridgehead atoms. The van der Waals surface area contributed by atoms with Crippen LogP contribution in [-0.4, -0.2) is 0 Å². The van der Waals surface area contributed by atoms with Gasteiger partial charge < -0.3 is 5.73 Å². The molecular weight excluding hydrogens is 266 g/mol. The van der Waals surface area contributed by atoms with Gasteiger partial charge in [0.1, 0.15) is 0 Å². The maximum absolute atomic E-state index is 6.00. The number of halogens is 1. The fraction of sp³-hybridized carbons (Fsp3) is 0.667. The van der Waals surface area contributed by atoms with Gasteiger partial charge in [0.2, 0.25) is 0 Å². The van der Waals surface area contributed by atoms with Crippen LogP contribution in [-0.2, 0) is 6.42 Å². The molecule has 2 N–H and O–H groups in total. The maximum atomic E-state index is 6.00. The van der Waals surface area contributed by atoms with Crippen LogP contribution in [0.4, 0.5) is 5.69 Å². The number of nitrogen functional groups attached to an aromatic ring is 1. The van der Waals surface area contributed by atoms with Gasteiger partial charge in [-0.1, -0.05) is 76.3 Å². The molecule has 1 rings (SSSR count). The number of unbranched alkanes of at least 4 members (excludes halogenated alkanes) is 9. The molecule has 0 spiro atoms. The van der Waals surface area contributed by atoms with Crippen molar-refractivity contribution in [2.45, 2.75) is 77.6 Å². The largest absolute Gasteiger partial charge is 0.399 e. The fourth-order valence-corrected chi connectivity index (χ4v) is 2.90. The molecule has 0 aliphatic heterocycles. The highest BCUT2D eigenvalue weighted by Crippen LogP contribution is 2.19. The van der Waals surface area contributed by atoms with E-state index < -0.39 is 0 Å². The van der Waals surface area contributed by atoms with Crippen molar-refractivity contribution in [1.82, 2.24) is 0 Å². The summed E-state index contributed by atoms with van der Waals surface area (Å²) in [4.78, 5) is 0. The summed E-state index contributed by atoms with van der Waals surface area (Å²) in [6.07, 6.45) is 14.9. The lowest BCUT2D eigenvalue weighted by Gasteiger charge is -2.05. The summed E-state index contributed by atoms with van der Waals surface area (Å²) in [6, 6.07) is 5.88. The predicted molar refractivity (Wildman–Crippen MR) is 91.4 cm³/mol. The van der Waals surface area contributed by atoms with E-state index in [2.05, 4.69) is 6.92 Å². The summed E-state index contributed by atoms with van der Waals surface area (Å²) < 4.78 is 0. The minimum absolute atomic E-state index is 0.757. The molecule has 1 nitrogen and oxygen atoms in total. The lowest BCUT2D eigenvalue weighted by atomic mass is 10.0. The van der Waals surface area contributed by atoms with Crippen LogP contribution < -0.4 is 5.73 Å². The van der Waals surface area contributed by atoms with Crippen molar-refractivity contribution in [3.05, 3.63) is 28.8 Å². The number of aryl methyl sites for hydroxylation is 1. The molecule has 20 heavy (non-hydrogen) atoms. The number of hydrogen-bond acceptors (Lipinski definition) is 1. The molecule has 1 aromatic rings. The van der Waals surface area contributed by atoms with Gasteiger partial charge in [0.05, 0.1) is 0 Å². The van der Waals surface area contributed by atoms with Gasteiger partial charge in [0.15, 0.2) is 0 Å². The second-order valence-electron chi connectivity index (χ2n) is 5.82. The molecule has 0 fully saturated rings. The van der Waals surface area contributed by atoms with Crippen LogP contribution in [0.25, 0.3) is 0 Å². The number of anilines is 1. The normalized spacial score (nSPS) is 10.9. The molecule has 0 amide bonds. The molecule has 0 saturated carbocycles. The zero-order valence-electron chi connectivity index (χ0n) is 13.0. The van der Waals surface area contributed by atoms with Crippen molar-refractivity contribution < 1.29 is 0 Å². The Bertz CT molecular complexity index is 342. The van der Waals surface area contributed by atoms with Crippen molar-refractivity contribution in [1.29, 1.82) is 0 Å². The highest BCUT2D eigenvalue weighted by Gasteiger charge is 1.98. The molecule has 0 saturated heterocycles. The van der Waals surface area contributed by atoms with E-state index in [4.69, 9.17) is 17.3 Å². The third-order valence-electron chi connectivity index (χ3n) is 3.80. The van der Waals surface area contributed by atoms with E-state index in [1.54, 1.807) is 0 Å². The first-order valence-electron chi connectivity index (χ1n) is 8.27. The quantitative estimate of drug-likeness (QED) is 0.372. The summed E-state index contributed by atoms with van der Waals surface area (Å²) >= 11 is 6.00.